The van der Waals surface area contributed by atoms with Crippen LogP contribution in [0.25, 0.3) is 0 Å². The molecular weight excluding hydrogens is 472 g/mol. The lowest BCUT2D eigenvalue weighted by Gasteiger charge is -2.30. The van der Waals surface area contributed by atoms with Gasteiger partial charge >= 0.3 is 0 Å². The van der Waals surface area contributed by atoms with Gasteiger partial charge in [-0.15, -0.1) is 11.3 Å². The number of amides is 2. The summed E-state index contributed by atoms with van der Waals surface area (Å²) in [7, 11) is 1.64. The van der Waals surface area contributed by atoms with Gasteiger partial charge in [-0.2, -0.15) is 0 Å². The van der Waals surface area contributed by atoms with Crippen molar-refractivity contribution in [3.8, 4) is 11.5 Å². The molecule has 7 heteroatoms. The quantitative estimate of drug-likeness (QED) is 0.356. The molecule has 0 atom stereocenters. The van der Waals surface area contributed by atoms with Gasteiger partial charge in [-0.1, -0.05) is 25.0 Å². The lowest BCUT2D eigenvalue weighted by atomic mass is 10.1. The van der Waals surface area contributed by atoms with Crippen LogP contribution in [0.5, 0.6) is 11.5 Å². The Hall–Kier alpha value is -3.32. The summed E-state index contributed by atoms with van der Waals surface area (Å²) in [5.41, 5.74) is 2.53. The molecule has 0 unspecified atom stereocenters. The lowest BCUT2D eigenvalue weighted by Crippen LogP contribution is -2.38. The second-order valence-corrected chi connectivity index (χ2v) is 10.5. The maximum atomic E-state index is 13.7. The van der Waals surface area contributed by atoms with Crippen molar-refractivity contribution in [3.63, 3.8) is 0 Å². The van der Waals surface area contributed by atoms with Crippen LogP contribution in [0.4, 0.5) is 5.69 Å². The van der Waals surface area contributed by atoms with Gasteiger partial charge in [-0.25, -0.2) is 0 Å². The third kappa shape index (κ3) is 5.41. The summed E-state index contributed by atoms with van der Waals surface area (Å²) in [5.74, 6) is 1.54. The van der Waals surface area contributed by atoms with Crippen molar-refractivity contribution >= 4 is 28.8 Å². The van der Waals surface area contributed by atoms with E-state index in [9.17, 15) is 9.59 Å². The Morgan fingerprint density at radius 3 is 2.53 bits per heavy atom. The number of hydrogen-bond donors (Lipinski definition) is 0. The van der Waals surface area contributed by atoms with Gasteiger partial charge in [-0.05, 0) is 72.7 Å². The van der Waals surface area contributed by atoms with Crippen LogP contribution in [0.15, 0.2) is 60.0 Å². The second-order valence-electron chi connectivity index (χ2n) is 9.42. The molecule has 1 aliphatic heterocycles. The highest BCUT2D eigenvalue weighted by atomic mass is 32.1. The number of hydrogen-bond acceptors (Lipinski definition) is 5. The summed E-state index contributed by atoms with van der Waals surface area (Å²) < 4.78 is 11.6. The molecule has 0 bridgehead atoms. The molecule has 36 heavy (non-hydrogen) atoms. The van der Waals surface area contributed by atoms with Crippen LogP contribution in [0, 0.1) is 0 Å². The normalized spacial score (nSPS) is 15.9. The third-order valence-corrected chi connectivity index (χ3v) is 7.91. The van der Waals surface area contributed by atoms with E-state index in [2.05, 4.69) is 0 Å². The van der Waals surface area contributed by atoms with Crippen LogP contribution in [-0.2, 0) is 17.9 Å². The van der Waals surface area contributed by atoms with Crippen LogP contribution < -0.4 is 14.4 Å². The minimum Gasteiger partial charge on any atom is -0.493 e. The third-order valence-electron chi connectivity index (χ3n) is 7.06. The number of ether oxygens (including phenoxy) is 2. The molecule has 0 radical (unpaired) electrons. The summed E-state index contributed by atoms with van der Waals surface area (Å²) in [4.78, 5) is 30.8. The van der Waals surface area contributed by atoms with Crippen molar-refractivity contribution in [1.29, 1.82) is 0 Å². The molecule has 6 nitrogen and oxygen atoms in total. The van der Waals surface area contributed by atoms with Gasteiger partial charge in [0.15, 0.2) is 11.5 Å². The number of anilines is 1. The zero-order chi connectivity index (χ0) is 24.9. The van der Waals surface area contributed by atoms with Crippen molar-refractivity contribution < 1.29 is 19.1 Å². The van der Waals surface area contributed by atoms with Gasteiger partial charge in [0.2, 0.25) is 5.91 Å². The molecule has 0 spiro atoms. The molecule has 2 aliphatic rings. The minimum absolute atomic E-state index is 0.0260. The van der Waals surface area contributed by atoms with E-state index in [1.807, 2.05) is 64.9 Å². The highest BCUT2D eigenvalue weighted by molar-refractivity contribution is 7.09. The number of carbonyl (C=O) groups is 2. The minimum atomic E-state index is 0.0260. The average molecular weight is 505 g/mol. The van der Waals surface area contributed by atoms with Gasteiger partial charge in [0.1, 0.15) is 6.61 Å². The van der Waals surface area contributed by atoms with E-state index in [1.165, 1.54) is 0 Å². The molecule has 188 valence electrons. The number of carbonyl (C=O) groups excluding carboxylic acids is 2. The molecule has 2 fully saturated rings. The Bertz CT molecular complexity index is 1190. The first-order valence-electron chi connectivity index (χ1n) is 12.7. The molecule has 1 saturated carbocycles. The Morgan fingerprint density at radius 1 is 1.06 bits per heavy atom. The van der Waals surface area contributed by atoms with Crippen LogP contribution >= 0.6 is 11.3 Å². The fourth-order valence-corrected chi connectivity index (χ4v) is 5.74. The summed E-state index contributed by atoms with van der Waals surface area (Å²) in [6.45, 7) is 1.73. The number of benzene rings is 2. The number of methoxy groups -OCH3 is 1. The van der Waals surface area contributed by atoms with Gasteiger partial charge in [0.05, 0.1) is 7.11 Å². The van der Waals surface area contributed by atoms with Gasteiger partial charge in [-0.3, -0.25) is 9.59 Å². The molecule has 3 aromatic rings. The van der Waals surface area contributed by atoms with E-state index in [4.69, 9.17) is 9.47 Å². The maximum Gasteiger partial charge on any atom is 0.254 e. The summed E-state index contributed by atoms with van der Waals surface area (Å²) in [6, 6.07) is 17.7. The van der Waals surface area contributed by atoms with Gasteiger partial charge in [0.25, 0.3) is 5.91 Å². The number of thiophene rings is 1. The van der Waals surface area contributed by atoms with E-state index < -0.39 is 0 Å². The molecule has 5 rings (SSSR count). The smallest absolute Gasteiger partial charge is 0.254 e. The Kier molecular flexibility index (Phi) is 7.56. The van der Waals surface area contributed by atoms with Crippen molar-refractivity contribution in [2.45, 2.75) is 57.7 Å². The van der Waals surface area contributed by atoms with Gasteiger partial charge < -0.3 is 19.3 Å². The van der Waals surface area contributed by atoms with Crippen molar-refractivity contribution in [2.75, 3.05) is 18.6 Å². The summed E-state index contributed by atoms with van der Waals surface area (Å²) in [6.07, 6.45) is 5.80. The van der Waals surface area contributed by atoms with Crippen LogP contribution in [0.1, 0.15) is 59.3 Å². The van der Waals surface area contributed by atoms with Gasteiger partial charge in [0, 0.05) is 41.7 Å². The molecular formula is C29H32N2O4S. The number of nitrogens with zero attached hydrogens (tertiary/aromatic N) is 2. The summed E-state index contributed by atoms with van der Waals surface area (Å²) >= 11 is 1.66. The Morgan fingerprint density at radius 2 is 1.86 bits per heavy atom. The van der Waals surface area contributed by atoms with Crippen molar-refractivity contribution in [1.82, 2.24) is 4.90 Å². The van der Waals surface area contributed by atoms with E-state index in [0.717, 1.165) is 54.8 Å². The maximum absolute atomic E-state index is 13.7. The van der Waals surface area contributed by atoms with E-state index in [1.54, 1.807) is 23.3 Å². The fourth-order valence-electron chi connectivity index (χ4n) is 5.13. The highest BCUT2D eigenvalue weighted by Crippen LogP contribution is 2.32. The molecule has 2 amide bonds. The topological polar surface area (TPSA) is 59.1 Å². The predicted octanol–water partition coefficient (Wildman–Crippen LogP) is 6.05. The average Bonchev–Trinajstić information content (AvgIpc) is 3.69. The molecule has 2 aromatic carbocycles. The molecule has 1 saturated heterocycles. The van der Waals surface area contributed by atoms with Crippen LogP contribution in [0.3, 0.4) is 0 Å². The van der Waals surface area contributed by atoms with E-state index in [-0.39, 0.29) is 17.9 Å². The zero-order valence-corrected chi connectivity index (χ0v) is 21.5. The Labute approximate surface area is 216 Å². The van der Waals surface area contributed by atoms with Crippen LogP contribution in [0.2, 0.25) is 0 Å². The van der Waals surface area contributed by atoms with E-state index >= 15 is 0 Å². The molecule has 1 aromatic heterocycles. The van der Waals surface area contributed by atoms with Crippen molar-refractivity contribution in [2.24, 2.45) is 0 Å². The largest absolute Gasteiger partial charge is 0.493 e. The lowest BCUT2D eigenvalue weighted by molar-refractivity contribution is -0.117. The first-order valence-corrected chi connectivity index (χ1v) is 13.5. The monoisotopic (exact) mass is 504 g/mol. The molecule has 0 N–H and O–H groups in total. The van der Waals surface area contributed by atoms with Crippen molar-refractivity contribution in [3.05, 3.63) is 76.0 Å². The zero-order valence-electron chi connectivity index (χ0n) is 20.7. The first-order chi connectivity index (χ1) is 17.6. The predicted molar refractivity (Wildman–Crippen MR) is 142 cm³/mol. The Balaban J connectivity index is 1.35. The molecule has 2 heterocycles. The fraction of sp³-hybridized carbons (Fsp3) is 0.379. The summed E-state index contributed by atoms with van der Waals surface area (Å²) in [5, 5.41) is 2.03. The number of rotatable bonds is 9. The van der Waals surface area contributed by atoms with E-state index in [0.29, 0.717) is 36.6 Å². The SMILES string of the molecule is COc1ccc(CN(C(=O)c2ccc(N3CCCC3=O)cc2)C2CCCC2)cc1OCc1cccs1. The highest BCUT2D eigenvalue weighted by Gasteiger charge is 2.28. The molecule has 1 aliphatic carbocycles. The second kappa shape index (κ2) is 11.2. The standard InChI is InChI=1S/C29H32N2O4S/c1-34-26-15-10-21(18-27(26)35-20-25-8-5-17-36-25)19-31(23-6-2-3-7-23)29(33)22-11-13-24(14-12-22)30-16-4-9-28(30)32/h5,8,10-15,17-18,23H,2-4,6-7,9,16,19-20H2,1H3. The first kappa shape index (κ1) is 24.4. The van der Waals surface area contributed by atoms with Crippen LogP contribution in [-0.4, -0.2) is 36.4 Å².